The lowest BCUT2D eigenvalue weighted by molar-refractivity contribution is 0.515. The number of hydrogen-bond acceptors (Lipinski definition) is 4. The minimum Gasteiger partial charge on any atom is -0.384 e. The van der Waals surface area contributed by atoms with Crippen molar-refractivity contribution in [3.05, 3.63) is 11.9 Å². The average Bonchev–Trinajstić information content (AvgIpc) is 2.29. The molecule has 1 saturated carbocycles. The van der Waals surface area contributed by atoms with Crippen LogP contribution in [0.25, 0.3) is 0 Å². The molecule has 0 radical (unpaired) electrons. The van der Waals surface area contributed by atoms with Gasteiger partial charge in [-0.15, -0.1) is 11.8 Å². The second-order valence-corrected chi connectivity index (χ2v) is 6.34. The second kappa shape index (κ2) is 5.71. The summed E-state index contributed by atoms with van der Waals surface area (Å²) >= 11 is 1.88. The Labute approximate surface area is 108 Å². The smallest absolute Gasteiger partial charge is 0.134 e. The highest BCUT2D eigenvalue weighted by molar-refractivity contribution is 7.99. The van der Waals surface area contributed by atoms with Gasteiger partial charge in [0.15, 0.2) is 0 Å². The molecule has 17 heavy (non-hydrogen) atoms. The van der Waals surface area contributed by atoms with Crippen molar-refractivity contribution in [2.75, 3.05) is 5.73 Å². The number of nitrogens with zero attached hydrogens (tertiary/aromatic N) is 2. The van der Waals surface area contributed by atoms with Crippen molar-refractivity contribution in [1.82, 2.24) is 9.97 Å². The first-order valence-electron chi connectivity index (χ1n) is 6.46. The zero-order valence-electron chi connectivity index (χ0n) is 10.6. The van der Waals surface area contributed by atoms with Crippen LogP contribution in [0.4, 0.5) is 5.82 Å². The lowest BCUT2D eigenvalue weighted by atomic mass is 10.0. The van der Waals surface area contributed by atoms with Crippen LogP contribution in [-0.2, 0) is 0 Å². The van der Waals surface area contributed by atoms with Crippen molar-refractivity contribution in [2.45, 2.75) is 62.1 Å². The number of thioether (sulfide) groups is 1. The Morgan fingerprint density at radius 2 is 1.94 bits per heavy atom. The van der Waals surface area contributed by atoms with Crippen molar-refractivity contribution >= 4 is 17.6 Å². The molecule has 3 nitrogen and oxygen atoms in total. The summed E-state index contributed by atoms with van der Waals surface area (Å²) < 4.78 is 0. The maximum atomic E-state index is 5.84. The van der Waals surface area contributed by atoms with Gasteiger partial charge in [-0.25, -0.2) is 9.97 Å². The highest BCUT2D eigenvalue weighted by Crippen LogP contribution is 2.33. The van der Waals surface area contributed by atoms with E-state index in [1.54, 1.807) is 0 Å². The van der Waals surface area contributed by atoms with E-state index in [2.05, 4.69) is 23.8 Å². The van der Waals surface area contributed by atoms with E-state index in [0.717, 1.165) is 16.1 Å². The summed E-state index contributed by atoms with van der Waals surface area (Å²) in [6.07, 6.45) is 6.72. The van der Waals surface area contributed by atoms with Gasteiger partial charge in [-0.1, -0.05) is 33.1 Å². The van der Waals surface area contributed by atoms with Crippen LogP contribution >= 0.6 is 11.8 Å². The molecule has 0 unspecified atom stereocenters. The molecule has 0 spiro atoms. The Balaban J connectivity index is 2.09. The van der Waals surface area contributed by atoms with Gasteiger partial charge in [0.1, 0.15) is 16.7 Å². The van der Waals surface area contributed by atoms with Gasteiger partial charge >= 0.3 is 0 Å². The SMILES string of the molecule is CC(C)c1nc(N)cc(SC2CCCCC2)n1. The number of hydrogen-bond donors (Lipinski definition) is 1. The van der Waals surface area contributed by atoms with Gasteiger partial charge in [0, 0.05) is 17.2 Å². The Kier molecular flexibility index (Phi) is 4.26. The van der Waals surface area contributed by atoms with E-state index in [0.29, 0.717) is 11.7 Å². The molecule has 0 saturated heterocycles. The number of anilines is 1. The summed E-state index contributed by atoms with van der Waals surface area (Å²) in [7, 11) is 0. The zero-order valence-corrected chi connectivity index (χ0v) is 11.5. The molecular formula is C13H21N3S. The van der Waals surface area contributed by atoms with Crippen LogP contribution in [0.2, 0.25) is 0 Å². The maximum Gasteiger partial charge on any atom is 0.134 e. The van der Waals surface area contributed by atoms with Crippen molar-refractivity contribution in [2.24, 2.45) is 0 Å². The highest BCUT2D eigenvalue weighted by atomic mass is 32.2. The minimum absolute atomic E-state index is 0.337. The fourth-order valence-corrected chi connectivity index (χ4v) is 3.38. The molecule has 1 aromatic heterocycles. The molecule has 1 aliphatic rings. The number of nitrogens with two attached hydrogens (primary N) is 1. The summed E-state index contributed by atoms with van der Waals surface area (Å²) in [4.78, 5) is 8.88. The van der Waals surface area contributed by atoms with Crippen molar-refractivity contribution in [3.8, 4) is 0 Å². The third-order valence-corrected chi connectivity index (χ3v) is 4.35. The van der Waals surface area contributed by atoms with Gasteiger partial charge in [-0.05, 0) is 12.8 Å². The van der Waals surface area contributed by atoms with E-state index in [1.165, 1.54) is 32.1 Å². The van der Waals surface area contributed by atoms with E-state index >= 15 is 0 Å². The van der Waals surface area contributed by atoms with Gasteiger partial charge in [0.2, 0.25) is 0 Å². The topological polar surface area (TPSA) is 51.8 Å². The summed E-state index contributed by atoms with van der Waals surface area (Å²) in [5, 5.41) is 1.77. The van der Waals surface area contributed by atoms with Crippen LogP contribution in [0.15, 0.2) is 11.1 Å². The van der Waals surface area contributed by atoms with Crippen molar-refractivity contribution in [1.29, 1.82) is 0 Å². The molecule has 0 aliphatic heterocycles. The van der Waals surface area contributed by atoms with Crippen LogP contribution in [0, 0.1) is 0 Å². The fraction of sp³-hybridized carbons (Fsp3) is 0.692. The zero-order chi connectivity index (χ0) is 12.3. The normalized spacial score (nSPS) is 17.6. The first-order chi connectivity index (χ1) is 8.15. The van der Waals surface area contributed by atoms with Crippen LogP contribution in [0.3, 0.4) is 0 Å². The number of aromatic nitrogens is 2. The lowest BCUT2D eigenvalue weighted by Crippen LogP contribution is -2.09. The molecule has 2 rings (SSSR count). The molecule has 0 amide bonds. The summed E-state index contributed by atoms with van der Waals surface area (Å²) in [5.41, 5.74) is 5.84. The predicted molar refractivity (Wildman–Crippen MR) is 73.3 cm³/mol. The molecule has 0 bridgehead atoms. The number of nitrogen functional groups attached to an aromatic ring is 1. The average molecular weight is 251 g/mol. The van der Waals surface area contributed by atoms with Gasteiger partial charge in [0.05, 0.1) is 0 Å². The molecule has 1 heterocycles. The minimum atomic E-state index is 0.337. The van der Waals surface area contributed by atoms with Crippen molar-refractivity contribution in [3.63, 3.8) is 0 Å². The number of rotatable bonds is 3. The van der Waals surface area contributed by atoms with Gasteiger partial charge in [-0.2, -0.15) is 0 Å². The molecule has 1 aliphatic carbocycles. The van der Waals surface area contributed by atoms with Crippen LogP contribution in [0.5, 0.6) is 0 Å². The van der Waals surface area contributed by atoms with Gasteiger partial charge < -0.3 is 5.73 Å². The van der Waals surface area contributed by atoms with E-state index in [4.69, 9.17) is 5.73 Å². The lowest BCUT2D eigenvalue weighted by Gasteiger charge is -2.20. The molecule has 2 N–H and O–H groups in total. The second-order valence-electron chi connectivity index (χ2n) is 5.02. The third kappa shape index (κ3) is 3.60. The van der Waals surface area contributed by atoms with Crippen LogP contribution in [0.1, 0.15) is 57.7 Å². The van der Waals surface area contributed by atoms with E-state index in [1.807, 2.05) is 17.8 Å². The van der Waals surface area contributed by atoms with E-state index in [9.17, 15) is 0 Å². The van der Waals surface area contributed by atoms with Crippen LogP contribution < -0.4 is 5.73 Å². The van der Waals surface area contributed by atoms with E-state index < -0.39 is 0 Å². The summed E-state index contributed by atoms with van der Waals surface area (Å²) in [6, 6.07) is 1.91. The predicted octanol–water partition coefficient (Wildman–Crippen LogP) is 3.61. The molecule has 94 valence electrons. The van der Waals surface area contributed by atoms with Gasteiger partial charge in [0.25, 0.3) is 0 Å². The van der Waals surface area contributed by atoms with Crippen LogP contribution in [-0.4, -0.2) is 15.2 Å². The Hall–Kier alpha value is -0.770. The Bertz CT molecular complexity index is 373. The molecular weight excluding hydrogens is 230 g/mol. The maximum absolute atomic E-state index is 5.84. The quantitative estimate of drug-likeness (QED) is 0.834. The molecule has 4 heteroatoms. The van der Waals surface area contributed by atoms with E-state index in [-0.39, 0.29) is 0 Å². The van der Waals surface area contributed by atoms with Gasteiger partial charge in [-0.3, -0.25) is 0 Å². The molecule has 0 aromatic carbocycles. The standard InChI is InChI=1S/C13H21N3S/c1-9(2)13-15-11(14)8-12(16-13)17-10-6-4-3-5-7-10/h8-10H,3-7H2,1-2H3,(H2,14,15,16). The molecule has 1 fully saturated rings. The van der Waals surface area contributed by atoms with Crippen molar-refractivity contribution < 1.29 is 0 Å². The monoisotopic (exact) mass is 251 g/mol. The highest BCUT2D eigenvalue weighted by Gasteiger charge is 2.16. The molecule has 0 atom stereocenters. The first-order valence-corrected chi connectivity index (χ1v) is 7.34. The Morgan fingerprint density at radius 1 is 1.24 bits per heavy atom. The summed E-state index contributed by atoms with van der Waals surface area (Å²) in [6.45, 7) is 4.20. The third-order valence-electron chi connectivity index (χ3n) is 3.10. The largest absolute Gasteiger partial charge is 0.384 e. The molecule has 1 aromatic rings. The summed E-state index contributed by atoms with van der Waals surface area (Å²) in [5.74, 6) is 1.80. The fourth-order valence-electron chi connectivity index (χ4n) is 2.13. The first kappa shape index (κ1) is 12.7. The Morgan fingerprint density at radius 3 is 2.59 bits per heavy atom.